The van der Waals surface area contributed by atoms with Gasteiger partial charge in [0, 0.05) is 0 Å². The van der Waals surface area contributed by atoms with Gasteiger partial charge in [-0.3, -0.25) is 9.59 Å². The van der Waals surface area contributed by atoms with Crippen LogP contribution in [0.25, 0.3) is 10.2 Å². The van der Waals surface area contributed by atoms with Crippen molar-refractivity contribution in [3.05, 3.63) is 59.1 Å². The van der Waals surface area contributed by atoms with Crippen molar-refractivity contribution in [2.45, 2.75) is 13.5 Å². The van der Waals surface area contributed by atoms with Crippen molar-refractivity contribution in [1.29, 1.82) is 0 Å². The number of thiazole rings is 1. The molecule has 1 amide bonds. The van der Waals surface area contributed by atoms with E-state index in [0.717, 1.165) is 10.2 Å². The Morgan fingerprint density at radius 1 is 1.12 bits per heavy atom. The first-order valence-electron chi connectivity index (χ1n) is 8.17. The molecule has 1 heterocycles. The molecule has 0 saturated heterocycles. The summed E-state index contributed by atoms with van der Waals surface area (Å²) in [5, 5.41) is 3.27. The van der Waals surface area contributed by atoms with Gasteiger partial charge in [0.25, 0.3) is 5.91 Å². The van der Waals surface area contributed by atoms with Gasteiger partial charge < -0.3 is 14.8 Å². The first-order chi connectivity index (χ1) is 12.7. The quantitative estimate of drug-likeness (QED) is 0.647. The molecule has 2 aromatic carbocycles. The van der Waals surface area contributed by atoms with Gasteiger partial charge in [-0.05, 0) is 31.2 Å². The number of rotatable bonds is 7. The molecular formula is C19H18N2O4S. The fraction of sp³-hybridized carbons (Fsp3) is 0.211. The summed E-state index contributed by atoms with van der Waals surface area (Å²) >= 11 is 1.48. The van der Waals surface area contributed by atoms with Crippen LogP contribution in [-0.2, 0) is 16.1 Å². The second kappa shape index (κ2) is 8.44. The molecule has 1 N–H and O–H groups in total. The van der Waals surface area contributed by atoms with Gasteiger partial charge in [-0.25, -0.2) is 4.98 Å². The molecule has 7 heteroatoms. The van der Waals surface area contributed by atoms with Crippen LogP contribution in [0, 0.1) is 0 Å². The fourth-order valence-electron chi connectivity index (χ4n) is 2.36. The van der Waals surface area contributed by atoms with Crippen LogP contribution in [0.15, 0.2) is 48.5 Å². The maximum absolute atomic E-state index is 12.2. The van der Waals surface area contributed by atoms with Crippen LogP contribution in [-0.4, -0.2) is 30.0 Å². The zero-order chi connectivity index (χ0) is 18.4. The minimum atomic E-state index is -0.522. The van der Waals surface area contributed by atoms with E-state index < -0.39 is 5.97 Å². The average molecular weight is 370 g/mol. The number of benzene rings is 2. The van der Waals surface area contributed by atoms with E-state index in [1.807, 2.05) is 31.2 Å². The van der Waals surface area contributed by atoms with Gasteiger partial charge in [0.15, 0.2) is 0 Å². The molecule has 3 aromatic rings. The maximum atomic E-state index is 12.2. The molecule has 0 spiro atoms. The van der Waals surface area contributed by atoms with Crippen LogP contribution in [0.2, 0.25) is 0 Å². The van der Waals surface area contributed by atoms with E-state index in [1.54, 1.807) is 24.3 Å². The number of hydrogen-bond acceptors (Lipinski definition) is 6. The van der Waals surface area contributed by atoms with Gasteiger partial charge in [-0.2, -0.15) is 0 Å². The summed E-state index contributed by atoms with van der Waals surface area (Å²) < 4.78 is 11.6. The van der Waals surface area contributed by atoms with Crippen LogP contribution in [0.3, 0.4) is 0 Å². The monoisotopic (exact) mass is 370 g/mol. The lowest BCUT2D eigenvalue weighted by atomic mass is 10.2. The summed E-state index contributed by atoms with van der Waals surface area (Å²) in [4.78, 5) is 28.5. The Hall–Kier alpha value is -2.93. The minimum absolute atomic E-state index is 0.0869. The topological polar surface area (TPSA) is 77.5 Å². The van der Waals surface area contributed by atoms with Gasteiger partial charge in [-0.1, -0.05) is 24.3 Å². The summed E-state index contributed by atoms with van der Waals surface area (Å²) in [5.74, 6) is -0.423. The number of hydrogen-bond donors (Lipinski definition) is 1. The van der Waals surface area contributed by atoms with Crippen LogP contribution >= 0.6 is 11.3 Å². The normalized spacial score (nSPS) is 10.5. The molecule has 3 rings (SSSR count). The number of fused-ring (bicyclic) bond motifs is 1. The Bertz CT molecular complexity index is 890. The molecule has 0 unspecified atom stereocenters. The Labute approximate surface area is 154 Å². The lowest BCUT2D eigenvalue weighted by Gasteiger charge is -2.10. The zero-order valence-corrected chi connectivity index (χ0v) is 15.0. The highest BCUT2D eigenvalue weighted by Gasteiger charge is 2.14. The average Bonchev–Trinajstić information content (AvgIpc) is 3.08. The van der Waals surface area contributed by atoms with Crippen LogP contribution in [0.5, 0.6) is 5.75 Å². The highest BCUT2D eigenvalue weighted by Crippen LogP contribution is 2.22. The van der Waals surface area contributed by atoms with E-state index in [1.165, 1.54) is 11.3 Å². The summed E-state index contributed by atoms with van der Waals surface area (Å²) in [5.41, 5.74) is 1.26. The number of amides is 1. The molecule has 0 atom stereocenters. The standard InChI is InChI=1S/C19H18N2O4S/c1-2-24-15-9-5-3-7-13(15)19(23)20-11-18(22)25-12-17-21-14-8-4-6-10-16(14)26-17/h3-10H,2,11-12H2,1H3,(H,20,23). The predicted molar refractivity (Wildman–Crippen MR) is 99.4 cm³/mol. The molecule has 1 aromatic heterocycles. The smallest absolute Gasteiger partial charge is 0.325 e. The van der Waals surface area contributed by atoms with Crippen LogP contribution < -0.4 is 10.1 Å². The van der Waals surface area contributed by atoms with Crippen molar-refractivity contribution in [2.24, 2.45) is 0 Å². The number of aromatic nitrogens is 1. The SMILES string of the molecule is CCOc1ccccc1C(=O)NCC(=O)OCc1nc2ccccc2s1. The number of ether oxygens (including phenoxy) is 2. The van der Waals surface area contributed by atoms with Gasteiger partial charge in [0.2, 0.25) is 0 Å². The molecule has 26 heavy (non-hydrogen) atoms. The minimum Gasteiger partial charge on any atom is -0.493 e. The summed E-state index contributed by atoms with van der Waals surface area (Å²) in [6.07, 6.45) is 0. The zero-order valence-electron chi connectivity index (χ0n) is 14.2. The van der Waals surface area contributed by atoms with Gasteiger partial charge in [0.1, 0.15) is 23.9 Å². The highest BCUT2D eigenvalue weighted by atomic mass is 32.1. The van der Waals surface area contributed by atoms with E-state index in [-0.39, 0.29) is 19.1 Å². The van der Waals surface area contributed by atoms with E-state index in [0.29, 0.717) is 22.9 Å². The third-order valence-corrected chi connectivity index (χ3v) is 4.53. The van der Waals surface area contributed by atoms with Crippen molar-refractivity contribution in [3.63, 3.8) is 0 Å². The summed E-state index contributed by atoms with van der Waals surface area (Å²) in [7, 11) is 0. The van der Waals surface area contributed by atoms with E-state index in [9.17, 15) is 9.59 Å². The van der Waals surface area contributed by atoms with Crippen LogP contribution in [0.1, 0.15) is 22.3 Å². The van der Waals surface area contributed by atoms with E-state index >= 15 is 0 Å². The van der Waals surface area contributed by atoms with Crippen molar-refractivity contribution >= 4 is 33.4 Å². The predicted octanol–water partition coefficient (Wildman–Crippen LogP) is 3.17. The lowest BCUT2D eigenvalue weighted by molar-refractivity contribution is -0.143. The lowest BCUT2D eigenvalue weighted by Crippen LogP contribution is -2.30. The molecule has 6 nitrogen and oxygen atoms in total. The molecular weight excluding hydrogens is 352 g/mol. The van der Waals surface area contributed by atoms with Gasteiger partial charge in [-0.15, -0.1) is 11.3 Å². The third-order valence-electron chi connectivity index (χ3n) is 3.52. The van der Waals surface area contributed by atoms with Gasteiger partial charge >= 0.3 is 5.97 Å². The number of nitrogens with one attached hydrogen (secondary N) is 1. The maximum Gasteiger partial charge on any atom is 0.325 e. The summed E-state index contributed by atoms with van der Waals surface area (Å²) in [6.45, 7) is 2.16. The van der Waals surface area contributed by atoms with E-state index in [2.05, 4.69) is 10.3 Å². The van der Waals surface area contributed by atoms with Crippen molar-refractivity contribution in [1.82, 2.24) is 10.3 Å². The first kappa shape index (κ1) is 17.9. The fourth-order valence-corrected chi connectivity index (χ4v) is 3.24. The second-order valence-corrected chi connectivity index (χ2v) is 6.46. The Morgan fingerprint density at radius 3 is 2.69 bits per heavy atom. The third kappa shape index (κ3) is 4.37. The van der Waals surface area contributed by atoms with Crippen molar-refractivity contribution < 1.29 is 19.1 Å². The van der Waals surface area contributed by atoms with Crippen molar-refractivity contribution in [3.8, 4) is 5.75 Å². The summed E-state index contributed by atoms with van der Waals surface area (Å²) in [6, 6.07) is 14.6. The highest BCUT2D eigenvalue weighted by molar-refractivity contribution is 7.18. The molecule has 0 saturated carbocycles. The first-order valence-corrected chi connectivity index (χ1v) is 8.99. The molecule has 0 fully saturated rings. The largest absolute Gasteiger partial charge is 0.493 e. The molecule has 0 radical (unpaired) electrons. The number of nitrogens with zero attached hydrogens (tertiary/aromatic N) is 1. The van der Waals surface area contributed by atoms with Crippen molar-refractivity contribution in [2.75, 3.05) is 13.2 Å². The molecule has 0 bridgehead atoms. The Morgan fingerprint density at radius 2 is 1.88 bits per heavy atom. The second-order valence-electron chi connectivity index (χ2n) is 5.35. The Balaban J connectivity index is 1.51. The van der Waals surface area contributed by atoms with E-state index in [4.69, 9.17) is 9.47 Å². The molecule has 0 aliphatic rings. The molecule has 134 valence electrons. The van der Waals surface area contributed by atoms with Crippen LogP contribution in [0.4, 0.5) is 0 Å². The van der Waals surface area contributed by atoms with Gasteiger partial charge in [0.05, 0.1) is 22.4 Å². The number of esters is 1. The number of carbonyl (C=O) groups is 2. The number of carbonyl (C=O) groups excluding carboxylic acids is 2. The molecule has 0 aliphatic carbocycles. The number of para-hydroxylation sites is 2. The Kier molecular flexibility index (Phi) is 5.80. The molecule has 0 aliphatic heterocycles.